The van der Waals surface area contributed by atoms with Crippen LogP contribution in [0.2, 0.25) is 0 Å². The van der Waals surface area contributed by atoms with Crippen molar-refractivity contribution < 1.29 is 23.9 Å². The highest BCUT2D eigenvalue weighted by Crippen LogP contribution is 2.14. The maximum atomic E-state index is 12.1. The van der Waals surface area contributed by atoms with E-state index in [1.54, 1.807) is 36.4 Å². The summed E-state index contributed by atoms with van der Waals surface area (Å²) in [5, 5.41) is 2.64. The van der Waals surface area contributed by atoms with E-state index in [0.29, 0.717) is 23.6 Å². The predicted octanol–water partition coefficient (Wildman–Crippen LogP) is 3.54. The fourth-order valence-electron chi connectivity index (χ4n) is 2.32. The molecule has 27 heavy (non-hydrogen) atoms. The minimum atomic E-state index is -0.589. The van der Waals surface area contributed by atoms with Gasteiger partial charge in [0, 0.05) is 17.7 Å². The summed E-state index contributed by atoms with van der Waals surface area (Å²) < 4.78 is 10.2. The van der Waals surface area contributed by atoms with E-state index in [1.165, 1.54) is 0 Å². The summed E-state index contributed by atoms with van der Waals surface area (Å²) in [6.07, 6.45) is -0.0593. The molecule has 0 radical (unpaired) electrons. The van der Waals surface area contributed by atoms with E-state index in [4.69, 9.17) is 9.47 Å². The monoisotopic (exact) mass is 369 g/mol. The van der Waals surface area contributed by atoms with Crippen molar-refractivity contribution in [2.75, 3.05) is 18.5 Å². The number of rotatable bonds is 9. The van der Waals surface area contributed by atoms with Crippen molar-refractivity contribution in [1.82, 2.24) is 0 Å². The molecule has 0 saturated carbocycles. The second-order valence-corrected chi connectivity index (χ2v) is 5.96. The first-order valence-electron chi connectivity index (χ1n) is 8.76. The fraction of sp³-hybridized carbons (Fsp3) is 0.286. The Hall–Kier alpha value is -3.15. The molecule has 0 atom stereocenters. The Balaban J connectivity index is 1.71. The van der Waals surface area contributed by atoms with E-state index in [0.717, 1.165) is 5.56 Å². The van der Waals surface area contributed by atoms with Gasteiger partial charge in [0.25, 0.3) is 5.91 Å². The van der Waals surface area contributed by atoms with Gasteiger partial charge < -0.3 is 14.8 Å². The summed E-state index contributed by atoms with van der Waals surface area (Å²) in [5.41, 5.74) is 2.22. The van der Waals surface area contributed by atoms with E-state index >= 15 is 0 Å². The highest BCUT2D eigenvalue weighted by molar-refractivity contribution is 5.98. The van der Waals surface area contributed by atoms with Gasteiger partial charge in [-0.2, -0.15) is 0 Å². The number of carbonyl (C=O) groups is 3. The molecule has 1 N–H and O–H groups in total. The van der Waals surface area contributed by atoms with E-state index in [2.05, 4.69) is 5.32 Å². The number of nitrogens with one attached hydrogen (secondary N) is 1. The van der Waals surface area contributed by atoms with Gasteiger partial charge in [0.05, 0.1) is 13.0 Å². The molecule has 0 heterocycles. The summed E-state index contributed by atoms with van der Waals surface area (Å²) in [7, 11) is 0. The normalized spacial score (nSPS) is 10.1. The Bertz CT molecular complexity index is 781. The number of carbonyl (C=O) groups excluding carboxylic acids is 3. The van der Waals surface area contributed by atoms with Crippen LogP contribution < -0.4 is 10.1 Å². The lowest BCUT2D eigenvalue weighted by Crippen LogP contribution is -2.21. The number of aryl methyl sites for hydroxylation is 1. The molecule has 0 aliphatic heterocycles. The Labute approximate surface area is 158 Å². The second-order valence-electron chi connectivity index (χ2n) is 5.96. The standard InChI is InChI=1S/C21H23NO5/c1-3-26-18-10-6-16(7-11-18)19(23)12-13-21(25)27-14-20(24)22-17-8-4-15(2)5-9-17/h4-11H,3,12-14H2,1-2H3,(H,22,24). The van der Waals surface area contributed by atoms with Gasteiger partial charge in [-0.15, -0.1) is 0 Å². The quantitative estimate of drug-likeness (QED) is 0.540. The number of benzene rings is 2. The number of ketones is 1. The summed E-state index contributed by atoms with van der Waals surface area (Å²) >= 11 is 0. The van der Waals surface area contributed by atoms with Crippen LogP contribution in [0.25, 0.3) is 0 Å². The number of anilines is 1. The molecule has 0 aromatic heterocycles. The van der Waals surface area contributed by atoms with Gasteiger partial charge in [-0.3, -0.25) is 14.4 Å². The number of hydrogen-bond acceptors (Lipinski definition) is 5. The molecule has 1 amide bonds. The van der Waals surface area contributed by atoms with Crippen molar-refractivity contribution in [2.45, 2.75) is 26.7 Å². The summed E-state index contributed by atoms with van der Waals surface area (Å²) in [6.45, 7) is 3.99. The van der Waals surface area contributed by atoms with Gasteiger partial charge >= 0.3 is 5.97 Å². The maximum Gasteiger partial charge on any atom is 0.306 e. The molecule has 0 aliphatic carbocycles. The first kappa shape index (κ1) is 20.2. The lowest BCUT2D eigenvalue weighted by Gasteiger charge is -2.07. The van der Waals surface area contributed by atoms with Crippen LogP contribution in [0, 0.1) is 6.92 Å². The molecule has 0 saturated heterocycles. The molecule has 6 heteroatoms. The summed E-state index contributed by atoms with van der Waals surface area (Å²) in [4.78, 5) is 35.6. The molecule has 0 bridgehead atoms. The lowest BCUT2D eigenvalue weighted by molar-refractivity contribution is -0.147. The fourth-order valence-corrected chi connectivity index (χ4v) is 2.32. The third-order valence-electron chi connectivity index (χ3n) is 3.74. The zero-order chi connectivity index (χ0) is 19.6. The number of hydrogen-bond donors (Lipinski definition) is 1. The van der Waals surface area contributed by atoms with E-state index in [-0.39, 0.29) is 25.2 Å². The first-order chi connectivity index (χ1) is 13.0. The van der Waals surface area contributed by atoms with Gasteiger partial charge in [-0.25, -0.2) is 0 Å². The molecule has 2 aromatic carbocycles. The zero-order valence-electron chi connectivity index (χ0n) is 15.5. The second kappa shape index (κ2) is 10.1. The van der Waals surface area contributed by atoms with Crippen molar-refractivity contribution in [3.05, 3.63) is 59.7 Å². The lowest BCUT2D eigenvalue weighted by atomic mass is 10.1. The van der Waals surface area contributed by atoms with Gasteiger partial charge in [0.1, 0.15) is 5.75 Å². The number of esters is 1. The van der Waals surface area contributed by atoms with Crippen molar-refractivity contribution in [2.24, 2.45) is 0 Å². The number of amides is 1. The van der Waals surface area contributed by atoms with Crippen LogP contribution >= 0.6 is 0 Å². The highest BCUT2D eigenvalue weighted by atomic mass is 16.5. The van der Waals surface area contributed by atoms with Gasteiger partial charge in [0.2, 0.25) is 0 Å². The molecule has 142 valence electrons. The van der Waals surface area contributed by atoms with Crippen LogP contribution in [0.5, 0.6) is 5.75 Å². The minimum absolute atomic E-state index is 0.0202. The average molecular weight is 369 g/mol. The van der Waals surface area contributed by atoms with Crippen LogP contribution in [0.15, 0.2) is 48.5 Å². The molecule has 0 aliphatic rings. The zero-order valence-corrected chi connectivity index (χ0v) is 15.5. The largest absolute Gasteiger partial charge is 0.494 e. The molecule has 2 aromatic rings. The maximum absolute atomic E-state index is 12.1. The number of ether oxygens (including phenoxy) is 2. The average Bonchev–Trinajstić information content (AvgIpc) is 2.67. The van der Waals surface area contributed by atoms with E-state index in [9.17, 15) is 14.4 Å². The van der Waals surface area contributed by atoms with Crippen molar-refractivity contribution >= 4 is 23.3 Å². The summed E-state index contributed by atoms with van der Waals surface area (Å²) in [5.74, 6) is -0.495. The summed E-state index contributed by atoms with van der Waals surface area (Å²) in [6, 6.07) is 14.0. The Kier molecular flexibility index (Phi) is 7.55. The van der Waals surface area contributed by atoms with Crippen LogP contribution in [0.4, 0.5) is 5.69 Å². The van der Waals surface area contributed by atoms with Crippen molar-refractivity contribution in [3.8, 4) is 5.75 Å². The Morgan fingerprint density at radius 2 is 1.59 bits per heavy atom. The molecule has 6 nitrogen and oxygen atoms in total. The molecule has 0 spiro atoms. The van der Waals surface area contributed by atoms with Crippen LogP contribution in [-0.2, 0) is 14.3 Å². The Morgan fingerprint density at radius 1 is 0.926 bits per heavy atom. The molecule has 2 rings (SSSR count). The highest BCUT2D eigenvalue weighted by Gasteiger charge is 2.12. The molecule has 0 unspecified atom stereocenters. The number of Topliss-reactive ketones (excluding diaryl/α,β-unsaturated/α-hetero) is 1. The molecule has 0 fully saturated rings. The van der Waals surface area contributed by atoms with Gasteiger partial charge in [0.15, 0.2) is 12.4 Å². The Morgan fingerprint density at radius 3 is 2.22 bits per heavy atom. The smallest absolute Gasteiger partial charge is 0.306 e. The van der Waals surface area contributed by atoms with Crippen molar-refractivity contribution in [1.29, 1.82) is 0 Å². The first-order valence-corrected chi connectivity index (χ1v) is 8.76. The van der Waals surface area contributed by atoms with Crippen LogP contribution in [-0.4, -0.2) is 30.9 Å². The topological polar surface area (TPSA) is 81.7 Å². The predicted molar refractivity (Wildman–Crippen MR) is 102 cm³/mol. The van der Waals surface area contributed by atoms with E-state index < -0.39 is 11.9 Å². The van der Waals surface area contributed by atoms with Gasteiger partial charge in [-0.1, -0.05) is 17.7 Å². The van der Waals surface area contributed by atoms with Crippen molar-refractivity contribution in [3.63, 3.8) is 0 Å². The third-order valence-corrected chi connectivity index (χ3v) is 3.74. The SMILES string of the molecule is CCOc1ccc(C(=O)CCC(=O)OCC(=O)Nc2ccc(C)cc2)cc1. The molecular formula is C21H23NO5. The minimum Gasteiger partial charge on any atom is -0.494 e. The third kappa shape index (κ3) is 6.93. The van der Waals surface area contributed by atoms with Gasteiger partial charge in [-0.05, 0) is 50.2 Å². The van der Waals surface area contributed by atoms with Crippen LogP contribution in [0.3, 0.4) is 0 Å². The molecular weight excluding hydrogens is 346 g/mol. The van der Waals surface area contributed by atoms with Crippen LogP contribution in [0.1, 0.15) is 35.7 Å². The van der Waals surface area contributed by atoms with E-state index in [1.807, 2.05) is 26.0 Å².